The summed E-state index contributed by atoms with van der Waals surface area (Å²) in [7, 11) is 0. The summed E-state index contributed by atoms with van der Waals surface area (Å²) in [5.74, 6) is 6.20. The number of aromatic amines is 1. The number of aromatic nitrogens is 5. The van der Waals surface area contributed by atoms with Crippen LogP contribution in [-0.2, 0) is 11.2 Å². The van der Waals surface area contributed by atoms with E-state index in [2.05, 4.69) is 32.6 Å². The second-order valence-corrected chi connectivity index (χ2v) is 8.09. The molecular weight excluding hydrogens is 429 g/mol. The topological polar surface area (TPSA) is 115 Å². The average Bonchev–Trinajstić information content (AvgIpc) is 3.41. The van der Waals surface area contributed by atoms with Gasteiger partial charge < -0.3 is 11.2 Å². The maximum atomic E-state index is 13.1. The molecule has 0 aliphatic rings. The number of rotatable bonds is 7. The number of hydrogen-bond acceptors (Lipinski definition) is 6. The summed E-state index contributed by atoms with van der Waals surface area (Å²) in [6.07, 6.45) is 0.828. The van der Waals surface area contributed by atoms with Crippen LogP contribution in [0.5, 0.6) is 0 Å². The first-order valence-corrected chi connectivity index (χ1v) is 11.0. The van der Waals surface area contributed by atoms with E-state index in [4.69, 9.17) is 5.84 Å². The van der Waals surface area contributed by atoms with Gasteiger partial charge in [0.1, 0.15) is 11.5 Å². The fraction of sp³-hybridized carbons (Fsp3) is 0.182. The Morgan fingerprint density at radius 2 is 2.00 bits per heavy atom. The molecule has 4 rings (SSSR count). The van der Waals surface area contributed by atoms with Crippen molar-refractivity contribution >= 4 is 23.4 Å². The molecule has 0 aliphatic heterocycles. The van der Waals surface area contributed by atoms with Crippen molar-refractivity contribution in [3.63, 3.8) is 0 Å². The largest absolute Gasteiger partial charge is 0.335 e. The fourth-order valence-electron chi connectivity index (χ4n) is 3.27. The van der Waals surface area contributed by atoms with Gasteiger partial charge in [-0.05, 0) is 54.8 Å². The lowest BCUT2D eigenvalue weighted by molar-refractivity contribution is -0.113. The number of nitrogen functional groups attached to an aromatic ring is 1. The number of H-pyrrole nitrogens is 1. The second-order valence-electron chi connectivity index (χ2n) is 7.15. The van der Waals surface area contributed by atoms with Crippen LogP contribution >= 0.6 is 11.8 Å². The van der Waals surface area contributed by atoms with Crippen molar-refractivity contribution in [2.24, 2.45) is 0 Å². The summed E-state index contributed by atoms with van der Waals surface area (Å²) < 4.78 is 14.5. The molecule has 0 saturated carbocycles. The first-order chi connectivity index (χ1) is 15.5. The van der Waals surface area contributed by atoms with E-state index < -0.39 is 0 Å². The fourth-order valence-corrected chi connectivity index (χ4v) is 3.93. The molecule has 0 unspecified atom stereocenters. The van der Waals surface area contributed by atoms with Gasteiger partial charge in [-0.2, -0.15) is 5.10 Å². The van der Waals surface area contributed by atoms with Crippen molar-refractivity contribution in [2.75, 3.05) is 16.9 Å². The molecule has 0 spiro atoms. The van der Waals surface area contributed by atoms with E-state index in [1.54, 1.807) is 18.2 Å². The van der Waals surface area contributed by atoms with Crippen LogP contribution in [0.4, 0.5) is 10.1 Å². The summed E-state index contributed by atoms with van der Waals surface area (Å²) in [6.45, 7) is 4.02. The quantitative estimate of drug-likeness (QED) is 0.291. The molecule has 0 atom stereocenters. The molecule has 0 bridgehead atoms. The Balaban J connectivity index is 1.44. The number of benzene rings is 2. The van der Waals surface area contributed by atoms with Crippen LogP contribution in [0.2, 0.25) is 0 Å². The molecule has 2 aromatic carbocycles. The van der Waals surface area contributed by atoms with Gasteiger partial charge in [-0.25, -0.2) is 9.07 Å². The number of amides is 1. The minimum atomic E-state index is -0.315. The highest BCUT2D eigenvalue weighted by molar-refractivity contribution is 7.99. The second kappa shape index (κ2) is 9.23. The zero-order valence-electron chi connectivity index (χ0n) is 17.6. The van der Waals surface area contributed by atoms with Gasteiger partial charge >= 0.3 is 0 Å². The standard InChI is InChI=1S/C22H22FN7OS/c1-3-14-6-4-5-13(2)20(14)25-19(31)12-32-22-29-28-21(30(22)24)18-11-17(26-27-18)15-7-9-16(23)10-8-15/h4-11H,3,12,24H2,1-2H3,(H,25,31)(H,26,27). The minimum absolute atomic E-state index is 0.136. The smallest absolute Gasteiger partial charge is 0.234 e. The number of thioether (sulfide) groups is 1. The van der Waals surface area contributed by atoms with Gasteiger partial charge in [0.2, 0.25) is 16.9 Å². The van der Waals surface area contributed by atoms with Crippen molar-refractivity contribution in [1.82, 2.24) is 25.1 Å². The van der Waals surface area contributed by atoms with Crippen LogP contribution in [0, 0.1) is 12.7 Å². The molecular formula is C22H22FN7OS. The number of anilines is 1. The number of nitrogens with one attached hydrogen (secondary N) is 2. The minimum Gasteiger partial charge on any atom is -0.335 e. The molecule has 164 valence electrons. The highest BCUT2D eigenvalue weighted by Gasteiger charge is 2.17. The lowest BCUT2D eigenvalue weighted by atomic mass is 10.1. The highest BCUT2D eigenvalue weighted by Crippen LogP contribution is 2.25. The number of nitrogens with two attached hydrogens (primary N) is 1. The van der Waals surface area contributed by atoms with Crippen molar-refractivity contribution in [2.45, 2.75) is 25.4 Å². The van der Waals surface area contributed by atoms with Crippen LogP contribution in [0.25, 0.3) is 22.8 Å². The van der Waals surface area contributed by atoms with Crippen molar-refractivity contribution in [3.05, 3.63) is 65.5 Å². The molecule has 0 aliphatic carbocycles. The van der Waals surface area contributed by atoms with E-state index in [1.165, 1.54) is 28.6 Å². The van der Waals surface area contributed by atoms with E-state index in [9.17, 15) is 9.18 Å². The molecule has 4 N–H and O–H groups in total. The predicted octanol–water partition coefficient (Wildman–Crippen LogP) is 3.79. The third-order valence-corrected chi connectivity index (χ3v) is 5.90. The number of carbonyl (C=O) groups excluding carboxylic acids is 1. The molecule has 0 radical (unpaired) electrons. The molecule has 0 fully saturated rings. The first-order valence-electron chi connectivity index (χ1n) is 9.99. The van der Waals surface area contributed by atoms with E-state index in [0.717, 1.165) is 28.8 Å². The molecule has 0 saturated heterocycles. The molecule has 32 heavy (non-hydrogen) atoms. The lowest BCUT2D eigenvalue weighted by Crippen LogP contribution is -2.18. The van der Waals surface area contributed by atoms with Gasteiger partial charge in [-0.15, -0.1) is 10.2 Å². The summed E-state index contributed by atoms with van der Waals surface area (Å²) in [5.41, 5.74) is 4.89. The van der Waals surface area contributed by atoms with E-state index in [-0.39, 0.29) is 17.5 Å². The van der Waals surface area contributed by atoms with Crippen molar-refractivity contribution < 1.29 is 9.18 Å². The Morgan fingerprint density at radius 3 is 2.75 bits per heavy atom. The van der Waals surface area contributed by atoms with Gasteiger partial charge in [-0.3, -0.25) is 9.89 Å². The normalized spacial score (nSPS) is 11.0. The monoisotopic (exact) mass is 451 g/mol. The number of halogens is 1. The van der Waals surface area contributed by atoms with Gasteiger partial charge in [0.25, 0.3) is 0 Å². The van der Waals surface area contributed by atoms with Crippen LogP contribution in [0.15, 0.2) is 53.7 Å². The lowest BCUT2D eigenvalue weighted by Gasteiger charge is -2.12. The summed E-state index contributed by atoms with van der Waals surface area (Å²) in [6, 6.07) is 13.7. The van der Waals surface area contributed by atoms with Gasteiger partial charge in [-0.1, -0.05) is 36.9 Å². The van der Waals surface area contributed by atoms with Crippen LogP contribution in [0.3, 0.4) is 0 Å². The molecule has 2 aromatic heterocycles. The Morgan fingerprint density at radius 1 is 1.22 bits per heavy atom. The summed E-state index contributed by atoms with van der Waals surface area (Å²) in [5, 5.41) is 18.7. The third kappa shape index (κ3) is 4.50. The maximum Gasteiger partial charge on any atom is 0.234 e. The zero-order valence-corrected chi connectivity index (χ0v) is 18.4. The van der Waals surface area contributed by atoms with E-state index in [1.807, 2.05) is 25.1 Å². The average molecular weight is 452 g/mol. The van der Waals surface area contributed by atoms with Crippen molar-refractivity contribution in [1.29, 1.82) is 0 Å². The number of aryl methyl sites for hydroxylation is 2. The molecule has 8 nitrogen and oxygen atoms in total. The van der Waals surface area contributed by atoms with Gasteiger partial charge in [0.15, 0.2) is 0 Å². The number of carbonyl (C=O) groups is 1. The van der Waals surface area contributed by atoms with Crippen molar-refractivity contribution in [3.8, 4) is 22.8 Å². The number of hydrogen-bond donors (Lipinski definition) is 3. The van der Waals surface area contributed by atoms with Crippen LogP contribution in [-0.4, -0.2) is 36.7 Å². The van der Waals surface area contributed by atoms with E-state index >= 15 is 0 Å². The number of para-hydroxylation sites is 1. The Hall–Kier alpha value is -3.66. The van der Waals surface area contributed by atoms with E-state index in [0.29, 0.717) is 22.4 Å². The first kappa shape index (κ1) is 21.6. The maximum absolute atomic E-state index is 13.1. The number of nitrogens with zero attached hydrogens (tertiary/aromatic N) is 4. The summed E-state index contributed by atoms with van der Waals surface area (Å²) >= 11 is 1.19. The highest BCUT2D eigenvalue weighted by atomic mass is 32.2. The van der Waals surface area contributed by atoms with Crippen LogP contribution < -0.4 is 11.2 Å². The zero-order chi connectivity index (χ0) is 22.7. The Kier molecular flexibility index (Phi) is 6.22. The van der Waals surface area contributed by atoms with Gasteiger partial charge in [0, 0.05) is 11.3 Å². The van der Waals surface area contributed by atoms with Gasteiger partial charge in [0.05, 0.1) is 11.4 Å². The Labute approximate surface area is 188 Å². The van der Waals surface area contributed by atoms with Crippen LogP contribution in [0.1, 0.15) is 18.1 Å². The summed E-state index contributed by atoms with van der Waals surface area (Å²) in [4.78, 5) is 12.5. The predicted molar refractivity (Wildman–Crippen MR) is 123 cm³/mol. The Bertz CT molecular complexity index is 1250. The molecule has 10 heteroatoms. The SMILES string of the molecule is CCc1cccc(C)c1NC(=O)CSc1nnc(-c2cc(-c3ccc(F)cc3)n[nH]2)n1N. The molecule has 1 amide bonds. The molecule has 2 heterocycles. The third-order valence-electron chi connectivity index (χ3n) is 4.96. The molecule has 4 aromatic rings.